The normalized spacial score (nSPS) is 18.7. The first-order valence-electron chi connectivity index (χ1n) is 7.04. The Balaban J connectivity index is 1.79. The molecule has 6 nitrogen and oxygen atoms in total. The minimum Gasteiger partial charge on any atom is -0.444 e. The van der Waals surface area contributed by atoms with E-state index in [1.54, 1.807) is 12.3 Å². The lowest BCUT2D eigenvalue weighted by molar-refractivity contribution is 0.0520. The number of hydrogen-bond donors (Lipinski definition) is 1. The number of anilines is 1. The molecule has 1 aliphatic rings. The molecule has 0 saturated carbocycles. The first kappa shape index (κ1) is 15.8. The summed E-state index contributed by atoms with van der Waals surface area (Å²) in [5.41, 5.74) is -0.472. The van der Waals surface area contributed by atoms with Crippen molar-refractivity contribution in [1.29, 1.82) is 0 Å². The van der Waals surface area contributed by atoms with Gasteiger partial charge < -0.3 is 15.0 Å². The standard InChI is InChI=1S/C14H21ClN4O2/c1-14(2,3)21-13(20)17-8-10-5-7-19(9-10)12-16-6-4-11(15)18-12/h4,6,10H,5,7-9H2,1-3H3,(H,17,20)/t10-/m1/s1. The summed E-state index contributed by atoms with van der Waals surface area (Å²) in [6.07, 6.45) is 2.25. The maximum Gasteiger partial charge on any atom is 0.407 e. The molecule has 1 N–H and O–H groups in total. The van der Waals surface area contributed by atoms with E-state index in [0.29, 0.717) is 23.6 Å². The maximum atomic E-state index is 11.6. The Morgan fingerprint density at radius 2 is 2.33 bits per heavy atom. The van der Waals surface area contributed by atoms with E-state index in [1.807, 2.05) is 20.8 Å². The predicted molar refractivity (Wildman–Crippen MR) is 81.6 cm³/mol. The van der Waals surface area contributed by atoms with Gasteiger partial charge in [0, 0.05) is 25.8 Å². The second kappa shape index (κ2) is 6.47. The van der Waals surface area contributed by atoms with Crippen molar-refractivity contribution in [2.75, 3.05) is 24.5 Å². The molecular weight excluding hydrogens is 292 g/mol. The fraction of sp³-hybridized carbons (Fsp3) is 0.643. The Kier molecular flexibility index (Phi) is 4.88. The molecule has 116 valence electrons. The zero-order valence-electron chi connectivity index (χ0n) is 12.6. The van der Waals surface area contributed by atoms with Gasteiger partial charge in [0.25, 0.3) is 0 Å². The van der Waals surface area contributed by atoms with Gasteiger partial charge in [-0.2, -0.15) is 0 Å². The lowest BCUT2D eigenvalue weighted by atomic mass is 10.1. The van der Waals surface area contributed by atoms with Gasteiger partial charge in [-0.1, -0.05) is 11.6 Å². The zero-order chi connectivity index (χ0) is 15.5. The van der Waals surface area contributed by atoms with Crippen LogP contribution in [0, 0.1) is 5.92 Å². The average molecular weight is 313 g/mol. The van der Waals surface area contributed by atoms with E-state index >= 15 is 0 Å². The molecule has 1 aromatic heterocycles. The van der Waals surface area contributed by atoms with Crippen LogP contribution in [0.4, 0.5) is 10.7 Å². The topological polar surface area (TPSA) is 67.3 Å². The molecule has 0 spiro atoms. The SMILES string of the molecule is CC(C)(C)OC(=O)NC[C@H]1CCN(c2nccc(Cl)n2)C1. The first-order valence-corrected chi connectivity index (χ1v) is 7.41. The van der Waals surface area contributed by atoms with Gasteiger partial charge in [0.1, 0.15) is 10.8 Å². The molecule has 21 heavy (non-hydrogen) atoms. The van der Waals surface area contributed by atoms with Gasteiger partial charge in [-0.25, -0.2) is 14.8 Å². The van der Waals surface area contributed by atoms with Crippen molar-refractivity contribution in [3.8, 4) is 0 Å². The van der Waals surface area contributed by atoms with Crippen molar-refractivity contribution in [2.45, 2.75) is 32.8 Å². The van der Waals surface area contributed by atoms with Gasteiger partial charge in [-0.3, -0.25) is 0 Å². The fourth-order valence-electron chi connectivity index (χ4n) is 2.20. The minimum absolute atomic E-state index is 0.361. The summed E-state index contributed by atoms with van der Waals surface area (Å²) in [7, 11) is 0. The predicted octanol–water partition coefficient (Wildman–Crippen LogP) is 2.48. The van der Waals surface area contributed by atoms with Crippen LogP contribution in [-0.2, 0) is 4.74 Å². The summed E-state index contributed by atoms with van der Waals surface area (Å²) < 4.78 is 5.22. The van der Waals surface area contributed by atoms with E-state index in [9.17, 15) is 4.79 Å². The highest BCUT2D eigenvalue weighted by atomic mass is 35.5. The first-order chi connectivity index (χ1) is 9.83. The van der Waals surface area contributed by atoms with E-state index in [2.05, 4.69) is 20.2 Å². The molecule has 1 aromatic rings. The van der Waals surface area contributed by atoms with Crippen molar-refractivity contribution in [3.63, 3.8) is 0 Å². The Morgan fingerprint density at radius 1 is 1.57 bits per heavy atom. The minimum atomic E-state index is -0.472. The Labute approximate surface area is 129 Å². The van der Waals surface area contributed by atoms with Gasteiger partial charge >= 0.3 is 6.09 Å². The third-order valence-corrected chi connectivity index (χ3v) is 3.32. The summed E-state index contributed by atoms with van der Waals surface area (Å²) in [6, 6.07) is 1.66. The van der Waals surface area contributed by atoms with E-state index in [1.165, 1.54) is 0 Å². The summed E-state index contributed by atoms with van der Waals surface area (Å²) in [5, 5.41) is 3.25. The highest BCUT2D eigenvalue weighted by Gasteiger charge is 2.25. The lowest BCUT2D eigenvalue weighted by Crippen LogP contribution is -2.36. The van der Waals surface area contributed by atoms with Crippen LogP contribution in [-0.4, -0.2) is 41.3 Å². The molecule has 1 saturated heterocycles. The fourth-order valence-corrected chi connectivity index (χ4v) is 2.33. The number of nitrogens with zero attached hydrogens (tertiary/aromatic N) is 3. The summed E-state index contributed by atoms with van der Waals surface area (Å²) in [4.78, 5) is 22.1. The third-order valence-electron chi connectivity index (χ3n) is 3.11. The molecule has 2 heterocycles. The summed E-state index contributed by atoms with van der Waals surface area (Å²) >= 11 is 5.87. The molecule has 7 heteroatoms. The van der Waals surface area contributed by atoms with Crippen LogP contribution in [0.15, 0.2) is 12.3 Å². The van der Waals surface area contributed by atoms with Crippen LogP contribution in [0.5, 0.6) is 0 Å². The number of amides is 1. The number of ether oxygens (including phenoxy) is 1. The smallest absolute Gasteiger partial charge is 0.407 e. The summed E-state index contributed by atoms with van der Waals surface area (Å²) in [5.74, 6) is 1.00. The second-order valence-corrected chi connectivity index (χ2v) is 6.55. The number of alkyl carbamates (subject to hydrolysis) is 1. The molecule has 0 bridgehead atoms. The third kappa shape index (κ3) is 5.04. The van der Waals surface area contributed by atoms with E-state index in [-0.39, 0.29) is 6.09 Å². The van der Waals surface area contributed by atoms with Crippen LogP contribution in [0.25, 0.3) is 0 Å². The van der Waals surface area contributed by atoms with Crippen molar-refractivity contribution in [2.24, 2.45) is 5.92 Å². The molecule has 0 radical (unpaired) electrons. The van der Waals surface area contributed by atoms with Gasteiger partial charge in [-0.15, -0.1) is 0 Å². The van der Waals surface area contributed by atoms with Gasteiger partial charge in [0.2, 0.25) is 5.95 Å². The van der Waals surface area contributed by atoms with Gasteiger partial charge in [0.05, 0.1) is 0 Å². The largest absolute Gasteiger partial charge is 0.444 e. The highest BCUT2D eigenvalue weighted by molar-refractivity contribution is 6.29. The number of aromatic nitrogens is 2. The second-order valence-electron chi connectivity index (χ2n) is 6.16. The number of carbonyl (C=O) groups is 1. The monoisotopic (exact) mass is 312 g/mol. The molecule has 0 aliphatic carbocycles. The van der Waals surface area contributed by atoms with Crippen LogP contribution >= 0.6 is 11.6 Å². The van der Waals surface area contributed by atoms with Crippen molar-refractivity contribution in [1.82, 2.24) is 15.3 Å². The molecule has 1 atom stereocenters. The van der Waals surface area contributed by atoms with Crippen LogP contribution in [0.1, 0.15) is 27.2 Å². The van der Waals surface area contributed by atoms with Crippen molar-refractivity contribution >= 4 is 23.6 Å². The van der Waals surface area contributed by atoms with E-state index in [0.717, 1.165) is 19.5 Å². The Hall–Kier alpha value is -1.56. The van der Waals surface area contributed by atoms with Crippen LogP contribution in [0.3, 0.4) is 0 Å². The highest BCUT2D eigenvalue weighted by Crippen LogP contribution is 2.21. The molecule has 1 fully saturated rings. The number of hydrogen-bond acceptors (Lipinski definition) is 5. The van der Waals surface area contributed by atoms with Crippen LogP contribution < -0.4 is 10.2 Å². The van der Waals surface area contributed by atoms with E-state index < -0.39 is 5.60 Å². The maximum absolute atomic E-state index is 11.6. The number of halogens is 1. The molecular formula is C14H21ClN4O2. The molecule has 0 unspecified atom stereocenters. The quantitative estimate of drug-likeness (QED) is 0.869. The number of carbonyl (C=O) groups excluding carboxylic acids is 1. The van der Waals surface area contributed by atoms with Gasteiger partial charge in [-0.05, 0) is 39.2 Å². The van der Waals surface area contributed by atoms with Crippen molar-refractivity contribution < 1.29 is 9.53 Å². The Bertz CT molecular complexity index is 504. The molecule has 1 aliphatic heterocycles. The number of nitrogens with one attached hydrogen (secondary N) is 1. The average Bonchev–Trinajstić information content (AvgIpc) is 2.83. The van der Waals surface area contributed by atoms with Gasteiger partial charge in [0.15, 0.2) is 0 Å². The zero-order valence-corrected chi connectivity index (χ0v) is 13.4. The molecule has 0 aromatic carbocycles. The molecule has 1 amide bonds. The van der Waals surface area contributed by atoms with Crippen molar-refractivity contribution in [3.05, 3.63) is 17.4 Å². The molecule has 2 rings (SSSR count). The van der Waals surface area contributed by atoms with Crippen LogP contribution in [0.2, 0.25) is 5.15 Å². The van der Waals surface area contributed by atoms with E-state index in [4.69, 9.17) is 16.3 Å². The lowest BCUT2D eigenvalue weighted by Gasteiger charge is -2.21. The Morgan fingerprint density at radius 3 is 3.00 bits per heavy atom. The summed E-state index contributed by atoms with van der Waals surface area (Å²) in [6.45, 7) is 7.80. The number of rotatable bonds is 3.